The van der Waals surface area contributed by atoms with Crippen LogP contribution in [0.25, 0.3) is 17.2 Å². The number of carbonyl (C=O) groups is 1. The second-order valence-corrected chi connectivity index (χ2v) is 11.5. The van der Waals surface area contributed by atoms with Gasteiger partial charge >= 0.3 is 0 Å². The Balaban J connectivity index is 1.27. The molecule has 3 heterocycles. The number of carbonyl (C=O) groups excluding carboxylic acids is 1. The van der Waals surface area contributed by atoms with Gasteiger partial charge in [0.1, 0.15) is 5.54 Å². The van der Waals surface area contributed by atoms with Crippen LogP contribution in [0.4, 0.5) is 11.4 Å². The fourth-order valence-corrected chi connectivity index (χ4v) is 6.17. The predicted octanol–water partition coefficient (Wildman–Crippen LogP) is 6.08. The van der Waals surface area contributed by atoms with Crippen molar-refractivity contribution in [2.24, 2.45) is 0 Å². The largest absolute Gasteiger partial charge is 0.355 e. The van der Waals surface area contributed by atoms with Crippen molar-refractivity contribution in [3.8, 4) is 11.1 Å². The molecule has 0 saturated carbocycles. The maximum Gasteiger partial charge on any atom is 0.249 e. The molecule has 6 rings (SSSR count). The third-order valence-corrected chi connectivity index (χ3v) is 8.55. The van der Waals surface area contributed by atoms with Crippen molar-refractivity contribution >= 4 is 23.4 Å². The number of nitrogens with one attached hydrogen (secondary N) is 2. The monoisotopic (exact) mass is 509 g/mol. The number of fused-ring (bicyclic) bond motifs is 1. The van der Waals surface area contributed by atoms with Gasteiger partial charge in [-0.15, -0.1) is 0 Å². The first-order valence-electron chi connectivity index (χ1n) is 14.2. The molecule has 198 valence electrons. The van der Waals surface area contributed by atoms with Crippen molar-refractivity contribution in [3.05, 3.63) is 71.6 Å². The van der Waals surface area contributed by atoms with Gasteiger partial charge in [-0.05, 0) is 118 Å². The normalized spacial score (nSPS) is 18.0. The zero-order valence-corrected chi connectivity index (χ0v) is 22.7. The lowest BCUT2D eigenvalue weighted by atomic mass is 9.90. The molecule has 38 heavy (non-hydrogen) atoms. The van der Waals surface area contributed by atoms with Gasteiger partial charge in [0.15, 0.2) is 0 Å². The number of amides is 1. The van der Waals surface area contributed by atoms with Crippen molar-refractivity contribution in [1.82, 2.24) is 20.0 Å². The van der Waals surface area contributed by atoms with Gasteiger partial charge < -0.3 is 15.5 Å². The summed E-state index contributed by atoms with van der Waals surface area (Å²) in [6.07, 6.45) is 15.1. The van der Waals surface area contributed by atoms with Gasteiger partial charge in [0, 0.05) is 36.2 Å². The number of aromatic nitrogens is 2. The van der Waals surface area contributed by atoms with Gasteiger partial charge in [-0.2, -0.15) is 5.10 Å². The molecule has 6 nitrogen and oxygen atoms in total. The van der Waals surface area contributed by atoms with Crippen LogP contribution in [0.2, 0.25) is 0 Å². The Hall–Kier alpha value is -3.38. The summed E-state index contributed by atoms with van der Waals surface area (Å²) in [5.41, 5.74) is 7.74. The van der Waals surface area contributed by atoms with Gasteiger partial charge in [-0.25, -0.2) is 0 Å². The third kappa shape index (κ3) is 4.90. The fraction of sp³-hybridized carbons (Fsp3) is 0.438. The first-order valence-corrected chi connectivity index (χ1v) is 14.2. The Kier molecular flexibility index (Phi) is 6.83. The third-order valence-electron chi connectivity index (χ3n) is 8.55. The zero-order valence-electron chi connectivity index (χ0n) is 22.7. The number of likely N-dealkylation sites (tertiary alicyclic amines) is 1. The lowest BCUT2D eigenvalue weighted by Crippen LogP contribution is -2.46. The number of hydrogen-bond donors (Lipinski definition) is 2. The summed E-state index contributed by atoms with van der Waals surface area (Å²) in [7, 11) is 0. The van der Waals surface area contributed by atoms with Crippen molar-refractivity contribution in [2.45, 2.75) is 63.8 Å². The Morgan fingerprint density at radius 1 is 1.05 bits per heavy atom. The van der Waals surface area contributed by atoms with E-state index in [1.54, 1.807) is 0 Å². The molecule has 1 aromatic heterocycles. The van der Waals surface area contributed by atoms with Crippen LogP contribution in [0.1, 0.15) is 68.6 Å². The van der Waals surface area contributed by atoms with Crippen LogP contribution in [0.15, 0.2) is 54.9 Å². The van der Waals surface area contributed by atoms with Crippen molar-refractivity contribution in [3.63, 3.8) is 0 Å². The van der Waals surface area contributed by atoms with E-state index in [1.165, 1.54) is 29.5 Å². The van der Waals surface area contributed by atoms with E-state index < -0.39 is 5.54 Å². The van der Waals surface area contributed by atoms with Crippen LogP contribution in [-0.2, 0) is 16.8 Å². The van der Waals surface area contributed by atoms with Crippen molar-refractivity contribution < 1.29 is 4.79 Å². The summed E-state index contributed by atoms with van der Waals surface area (Å²) >= 11 is 0. The molecule has 0 spiro atoms. The highest BCUT2D eigenvalue weighted by Crippen LogP contribution is 2.36. The number of anilines is 2. The Morgan fingerprint density at radius 3 is 2.58 bits per heavy atom. The molecule has 2 saturated heterocycles. The molecule has 3 aliphatic rings. The Labute approximate surface area is 226 Å². The van der Waals surface area contributed by atoms with Gasteiger partial charge in [0.2, 0.25) is 5.91 Å². The standard InChI is InChI=1S/C32H39N5O/c1-32(2,31(38)36-17-5-6-18-36)37-22-27(21-34-37)26-19-25-7-3-4-8-29(25)30(20-26)35-28-11-9-23(10-12-28)24-13-15-33-16-14-24/h3,7,9-12,19-22,24,33,35H,4-6,8,13-18H2,1-2H3. The van der Waals surface area contributed by atoms with Crippen LogP contribution >= 0.6 is 0 Å². The molecular weight excluding hydrogens is 470 g/mol. The molecular formula is C32H39N5O. The molecule has 2 fully saturated rings. The topological polar surface area (TPSA) is 62.2 Å². The molecule has 2 N–H and O–H groups in total. The summed E-state index contributed by atoms with van der Waals surface area (Å²) in [6.45, 7) is 7.86. The van der Waals surface area contributed by atoms with Gasteiger partial charge in [-0.1, -0.05) is 24.3 Å². The van der Waals surface area contributed by atoms with E-state index in [9.17, 15) is 4.79 Å². The summed E-state index contributed by atoms with van der Waals surface area (Å²) in [4.78, 5) is 15.2. The zero-order chi connectivity index (χ0) is 26.1. The second-order valence-electron chi connectivity index (χ2n) is 11.5. The van der Waals surface area contributed by atoms with E-state index >= 15 is 0 Å². The number of rotatable bonds is 6. The Bertz CT molecular complexity index is 1320. The molecule has 0 radical (unpaired) electrons. The SMILES string of the molecule is CC(C)(C(=O)N1CCCC1)n1cc(-c2cc3c(c(Nc4ccc(C5CCNCC5)cc4)c2)CCC=C3)cn1. The molecule has 0 unspecified atom stereocenters. The highest BCUT2D eigenvalue weighted by atomic mass is 16.2. The first kappa shape index (κ1) is 24.9. The average molecular weight is 510 g/mol. The molecule has 2 aliphatic heterocycles. The molecule has 1 amide bonds. The van der Waals surface area contributed by atoms with Gasteiger partial charge in [0.05, 0.1) is 6.20 Å². The minimum Gasteiger partial charge on any atom is -0.355 e. The average Bonchev–Trinajstić information content (AvgIpc) is 3.67. The lowest BCUT2D eigenvalue weighted by Gasteiger charge is -2.29. The van der Waals surface area contributed by atoms with Gasteiger partial charge in [-0.3, -0.25) is 9.48 Å². The van der Waals surface area contributed by atoms with E-state index in [2.05, 4.69) is 64.3 Å². The molecule has 2 aromatic carbocycles. The lowest BCUT2D eigenvalue weighted by molar-refractivity contribution is -0.138. The Morgan fingerprint density at radius 2 is 1.82 bits per heavy atom. The van der Waals surface area contributed by atoms with Gasteiger partial charge in [0.25, 0.3) is 0 Å². The predicted molar refractivity (Wildman–Crippen MR) is 155 cm³/mol. The highest BCUT2D eigenvalue weighted by Gasteiger charge is 2.35. The van der Waals surface area contributed by atoms with Crippen LogP contribution < -0.4 is 10.6 Å². The minimum absolute atomic E-state index is 0.147. The van der Waals surface area contributed by atoms with Crippen LogP contribution in [0.3, 0.4) is 0 Å². The van der Waals surface area contributed by atoms with E-state index in [1.807, 2.05) is 35.8 Å². The molecule has 0 atom stereocenters. The second kappa shape index (κ2) is 10.4. The molecule has 6 heteroatoms. The number of allylic oxidation sites excluding steroid dienone is 1. The highest BCUT2D eigenvalue weighted by molar-refractivity contribution is 5.84. The first-order chi connectivity index (χ1) is 18.5. The van der Waals surface area contributed by atoms with E-state index in [4.69, 9.17) is 0 Å². The summed E-state index contributed by atoms with van der Waals surface area (Å²) in [5.74, 6) is 0.804. The minimum atomic E-state index is -0.714. The van der Waals surface area contributed by atoms with Crippen LogP contribution in [0, 0.1) is 0 Å². The number of piperidine rings is 1. The van der Waals surface area contributed by atoms with E-state index in [0.717, 1.165) is 74.4 Å². The van der Waals surface area contributed by atoms with Crippen LogP contribution in [-0.4, -0.2) is 46.8 Å². The van der Waals surface area contributed by atoms with E-state index in [0.29, 0.717) is 5.92 Å². The van der Waals surface area contributed by atoms with Crippen LogP contribution in [0.5, 0.6) is 0 Å². The van der Waals surface area contributed by atoms with E-state index in [-0.39, 0.29) is 5.91 Å². The molecule has 1 aliphatic carbocycles. The number of hydrogen-bond acceptors (Lipinski definition) is 4. The summed E-state index contributed by atoms with van der Waals surface area (Å²) < 4.78 is 1.84. The summed E-state index contributed by atoms with van der Waals surface area (Å²) in [6, 6.07) is 13.5. The molecule has 3 aromatic rings. The molecule has 0 bridgehead atoms. The quantitative estimate of drug-likeness (QED) is 0.423. The van der Waals surface area contributed by atoms with Crippen molar-refractivity contribution in [2.75, 3.05) is 31.5 Å². The maximum atomic E-state index is 13.2. The number of benzene rings is 2. The van der Waals surface area contributed by atoms with Crippen molar-refractivity contribution in [1.29, 1.82) is 0 Å². The smallest absolute Gasteiger partial charge is 0.249 e. The summed E-state index contributed by atoms with van der Waals surface area (Å²) in [5, 5.41) is 11.9. The number of nitrogens with zero attached hydrogens (tertiary/aromatic N) is 3. The fourth-order valence-electron chi connectivity index (χ4n) is 6.17. The maximum absolute atomic E-state index is 13.2.